The molecular weight excluding hydrogens is 364 g/mol. The zero-order valence-electron chi connectivity index (χ0n) is 9.28. The molecule has 5 heteroatoms. The molecule has 2 aromatic rings. The number of thiophene rings is 1. The van der Waals surface area contributed by atoms with Crippen molar-refractivity contribution in [3.05, 3.63) is 43.5 Å². The van der Waals surface area contributed by atoms with Gasteiger partial charge >= 0.3 is 0 Å². The van der Waals surface area contributed by atoms with Crippen LogP contribution in [0.1, 0.15) is 5.56 Å². The van der Waals surface area contributed by atoms with Gasteiger partial charge in [0.25, 0.3) is 0 Å². The lowest BCUT2D eigenvalue weighted by Gasteiger charge is -2.20. The summed E-state index contributed by atoms with van der Waals surface area (Å²) in [5, 5.41) is 2.15. The van der Waals surface area contributed by atoms with Gasteiger partial charge in [0.1, 0.15) is 0 Å². The highest BCUT2D eigenvalue weighted by atomic mass is 79.9. The van der Waals surface area contributed by atoms with Gasteiger partial charge in [0.2, 0.25) is 0 Å². The van der Waals surface area contributed by atoms with Gasteiger partial charge in [-0.2, -0.15) is 0 Å². The first-order valence-electron chi connectivity index (χ1n) is 5.05. The molecule has 1 heterocycles. The van der Waals surface area contributed by atoms with Gasteiger partial charge in [-0.15, -0.1) is 11.3 Å². The van der Waals surface area contributed by atoms with E-state index in [9.17, 15) is 0 Å². The van der Waals surface area contributed by atoms with Crippen molar-refractivity contribution < 1.29 is 0 Å². The quantitative estimate of drug-likeness (QED) is 0.800. The Morgan fingerprint density at radius 2 is 2.06 bits per heavy atom. The zero-order chi connectivity index (χ0) is 12.4. The molecule has 0 saturated carbocycles. The molecule has 0 bridgehead atoms. The van der Waals surface area contributed by atoms with Crippen LogP contribution >= 0.6 is 43.2 Å². The van der Waals surface area contributed by atoms with Gasteiger partial charge in [0, 0.05) is 18.1 Å². The third-order valence-electron chi connectivity index (χ3n) is 2.44. The van der Waals surface area contributed by atoms with Gasteiger partial charge in [0.15, 0.2) is 0 Å². The van der Waals surface area contributed by atoms with Crippen molar-refractivity contribution in [2.45, 2.75) is 6.54 Å². The van der Waals surface area contributed by atoms with Crippen molar-refractivity contribution >= 4 is 54.6 Å². The van der Waals surface area contributed by atoms with Crippen molar-refractivity contribution in [3.63, 3.8) is 0 Å². The lowest BCUT2D eigenvalue weighted by molar-refractivity contribution is 0.929. The van der Waals surface area contributed by atoms with Crippen molar-refractivity contribution in [2.24, 2.45) is 0 Å². The second-order valence-electron chi connectivity index (χ2n) is 3.82. The fraction of sp³-hybridized carbons (Fsp3) is 0.167. The third kappa shape index (κ3) is 3.24. The van der Waals surface area contributed by atoms with Crippen LogP contribution in [-0.2, 0) is 6.54 Å². The SMILES string of the molecule is CN(Cc1csc(Br)c1)c1ccc(Br)cc1N. The molecule has 90 valence electrons. The molecule has 2 nitrogen and oxygen atoms in total. The predicted molar refractivity (Wildman–Crippen MR) is 82.7 cm³/mol. The van der Waals surface area contributed by atoms with Gasteiger partial charge in [0.05, 0.1) is 15.2 Å². The van der Waals surface area contributed by atoms with E-state index in [1.807, 2.05) is 25.2 Å². The molecule has 0 amide bonds. The first kappa shape index (κ1) is 12.9. The summed E-state index contributed by atoms with van der Waals surface area (Å²) in [6, 6.07) is 8.10. The molecule has 17 heavy (non-hydrogen) atoms. The number of anilines is 2. The van der Waals surface area contributed by atoms with Crippen LogP contribution in [0.3, 0.4) is 0 Å². The zero-order valence-corrected chi connectivity index (χ0v) is 13.3. The van der Waals surface area contributed by atoms with Gasteiger partial charge in [-0.1, -0.05) is 15.9 Å². The molecule has 0 atom stereocenters. The number of nitrogens with zero attached hydrogens (tertiary/aromatic N) is 1. The maximum atomic E-state index is 6.00. The Morgan fingerprint density at radius 3 is 2.65 bits per heavy atom. The summed E-state index contributed by atoms with van der Waals surface area (Å²) >= 11 is 8.58. The van der Waals surface area contributed by atoms with Crippen LogP contribution in [0.15, 0.2) is 37.9 Å². The minimum atomic E-state index is 0.788. The Hall–Kier alpha value is -0.520. The average molecular weight is 376 g/mol. The number of nitrogen functional groups attached to an aromatic ring is 1. The standard InChI is InChI=1S/C12H12Br2N2S/c1-16(6-8-4-12(14)17-7-8)11-3-2-9(13)5-10(11)15/h2-5,7H,6,15H2,1H3. The molecule has 0 saturated heterocycles. The molecule has 1 aromatic carbocycles. The smallest absolute Gasteiger partial charge is 0.0701 e. The van der Waals surface area contributed by atoms with Crippen LogP contribution < -0.4 is 10.6 Å². The van der Waals surface area contributed by atoms with E-state index >= 15 is 0 Å². The monoisotopic (exact) mass is 374 g/mol. The van der Waals surface area contributed by atoms with Crippen LogP contribution in [0.5, 0.6) is 0 Å². The van der Waals surface area contributed by atoms with Crippen LogP contribution in [0, 0.1) is 0 Å². The molecule has 0 aliphatic heterocycles. The van der Waals surface area contributed by atoms with Crippen LogP contribution in [0.25, 0.3) is 0 Å². The molecule has 0 aliphatic carbocycles. The highest BCUT2D eigenvalue weighted by Gasteiger charge is 2.07. The van der Waals surface area contributed by atoms with Gasteiger partial charge < -0.3 is 10.6 Å². The molecule has 2 rings (SSSR count). The van der Waals surface area contributed by atoms with Crippen molar-refractivity contribution in [1.82, 2.24) is 0 Å². The second kappa shape index (κ2) is 5.42. The minimum Gasteiger partial charge on any atom is -0.397 e. The number of hydrogen-bond acceptors (Lipinski definition) is 3. The number of halogens is 2. The first-order valence-corrected chi connectivity index (χ1v) is 7.52. The fourth-order valence-electron chi connectivity index (χ4n) is 1.66. The van der Waals surface area contributed by atoms with Gasteiger partial charge in [-0.05, 0) is 51.1 Å². The van der Waals surface area contributed by atoms with E-state index in [1.165, 1.54) is 5.56 Å². The Labute approximate surface area is 122 Å². The summed E-state index contributed by atoms with van der Waals surface area (Å²) in [6.07, 6.45) is 0. The normalized spacial score (nSPS) is 10.5. The van der Waals surface area contributed by atoms with Crippen LogP contribution in [0.4, 0.5) is 11.4 Å². The summed E-state index contributed by atoms with van der Waals surface area (Å²) in [7, 11) is 2.05. The van der Waals surface area contributed by atoms with Crippen molar-refractivity contribution in [2.75, 3.05) is 17.7 Å². The number of benzene rings is 1. The van der Waals surface area contributed by atoms with E-state index in [-0.39, 0.29) is 0 Å². The topological polar surface area (TPSA) is 29.3 Å². The fourth-order valence-corrected chi connectivity index (χ4v) is 3.24. The maximum absolute atomic E-state index is 6.00. The van der Waals surface area contributed by atoms with Crippen LogP contribution in [0.2, 0.25) is 0 Å². The second-order valence-corrected chi connectivity index (χ2v) is 7.02. The summed E-state index contributed by atoms with van der Waals surface area (Å²) in [4.78, 5) is 2.15. The highest BCUT2D eigenvalue weighted by Crippen LogP contribution is 2.28. The van der Waals surface area contributed by atoms with E-state index < -0.39 is 0 Å². The maximum Gasteiger partial charge on any atom is 0.0701 e. The Kier molecular flexibility index (Phi) is 4.12. The lowest BCUT2D eigenvalue weighted by atomic mass is 10.2. The molecule has 0 radical (unpaired) electrons. The predicted octanol–water partition coefficient (Wildman–Crippen LogP) is 4.49. The summed E-state index contributed by atoms with van der Waals surface area (Å²) in [5.41, 5.74) is 9.13. The van der Waals surface area contributed by atoms with E-state index in [2.05, 4.69) is 48.2 Å². The minimum absolute atomic E-state index is 0.788. The number of hydrogen-bond donors (Lipinski definition) is 1. The van der Waals surface area contributed by atoms with Gasteiger partial charge in [-0.3, -0.25) is 0 Å². The summed E-state index contributed by atoms with van der Waals surface area (Å²) < 4.78 is 2.16. The average Bonchev–Trinajstić information content (AvgIpc) is 2.63. The first-order chi connectivity index (χ1) is 8.06. The molecule has 0 spiro atoms. The van der Waals surface area contributed by atoms with Gasteiger partial charge in [-0.25, -0.2) is 0 Å². The van der Waals surface area contributed by atoms with Crippen LogP contribution in [-0.4, -0.2) is 7.05 Å². The summed E-state index contributed by atoms with van der Waals surface area (Å²) in [6.45, 7) is 0.855. The van der Waals surface area contributed by atoms with E-state index in [0.29, 0.717) is 0 Å². The van der Waals surface area contributed by atoms with Crippen molar-refractivity contribution in [1.29, 1.82) is 0 Å². The number of rotatable bonds is 3. The highest BCUT2D eigenvalue weighted by molar-refractivity contribution is 9.11. The number of nitrogens with two attached hydrogens (primary N) is 1. The molecular formula is C12H12Br2N2S. The molecule has 2 N–H and O–H groups in total. The Bertz CT molecular complexity index is 525. The molecule has 0 fully saturated rings. The molecule has 1 aromatic heterocycles. The largest absolute Gasteiger partial charge is 0.397 e. The van der Waals surface area contributed by atoms with E-state index in [4.69, 9.17) is 5.73 Å². The summed E-state index contributed by atoms with van der Waals surface area (Å²) in [5.74, 6) is 0. The van der Waals surface area contributed by atoms with E-state index in [0.717, 1.165) is 26.2 Å². The third-order valence-corrected chi connectivity index (χ3v) is 4.49. The molecule has 0 aliphatic rings. The molecule has 0 unspecified atom stereocenters. The Morgan fingerprint density at radius 1 is 1.29 bits per heavy atom. The lowest BCUT2D eigenvalue weighted by Crippen LogP contribution is -2.17. The van der Waals surface area contributed by atoms with Crippen molar-refractivity contribution in [3.8, 4) is 0 Å². The Balaban J connectivity index is 2.17. The van der Waals surface area contributed by atoms with E-state index in [1.54, 1.807) is 11.3 Å².